The molecule has 1 aromatic carbocycles. The maximum absolute atomic E-state index is 13.6. The van der Waals surface area contributed by atoms with Crippen molar-refractivity contribution in [2.24, 2.45) is 0 Å². The van der Waals surface area contributed by atoms with E-state index < -0.39 is 17.8 Å². The lowest BCUT2D eigenvalue weighted by molar-refractivity contribution is -0.142. The summed E-state index contributed by atoms with van der Waals surface area (Å²) in [6.07, 6.45) is -4.74. The van der Waals surface area contributed by atoms with E-state index in [0.29, 0.717) is 37.7 Å². The highest BCUT2D eigenvalue weighted by atomic mass is 19.4. The zero-order valence-corrected chi connectivity index (χ0v) is 16.8. The molecule has 0 unspecified atom stereocenters. The maximum atomic E-state index is 13.6. The third-order valence-electron chi connectivity index (χ3n) is 5.38. The van der Waals surface area contributed by atoms with Gasteiger partial charge in [0.2, 0.25) is 5.91 Å². The summed E-state index contributed by atoms with van der Waals surface area (Å²) in [4.78, 5) is 28.6. The Morgan fingerprint density at radius 3 is 2.45 bits per heavy atom. The van der Waals surface area contributed by atoms with E-state index in [2.05, 4.69) is 5.10 Å². The van der Waals surface area contributed by atoms with Gasteiger partial charge in [-0.15, -0.1) is 0 Å². The van der Waals surface area contributed by atoms with Crippen LogP contribution < -0.4 is 4.74 Å². The second-order valence-electron chi connectivity index (χ2n) is 7.25. The second kappa shape index (κ2) is 8.22. The molecule has 4 rings (SSSR count). The zero-order valence-electron chi connectivity index (χ0n) is 16.8. The maximum Gasteiger partial charge on any atom is 0.435 e. The lowest BCUT2D eigenvalue weighted by Crippen LogP contribution is -2.49. The number of amides is 2. The van der Waals surface area contributed by atoms with E-state index in [-0.39, 0.29) is 36.7 Å². The highest BCUT2D eigenvalue weighted by molar-refractivity contribution is 5.98. The van der Waals surface area contributed by atoms with Crippen LogP contribution in [0.2, 0.25) is 0 Å². The van der Waals surface area contributed by atoms with Gasteiger partial charge in [-0.2, -0.15) is 18.3 Å². The molecule has 0 aliphatic carbocycles. The number of carbonyl (C=O) groups is 2. The fourth-order valence-corrected chi connectivity index (χ4v) is 3.77. The Hall–Kier alpha value is -3.08. The monoisotopic (exact) mass is 438 g/mol. The van der Waals surface area contributed by atoms with Crippen LogP contribution in [-0.2, 0) is 22.1 Å². The zero-order chi connectivity index (χ0) is 22.2. The predicted octanol–water partition coefficient (Wildman–Crippen LogP) is 1.76. The molecule has 8 nitrogen and oxygen atoms in total. The Morgan fingerprint density at radius 1 is 1.16 bits per heavy atom. The minimum atomic E-state index is -4.70. The Kier molecular flexibility index (Phi) is 5.61. The first-order valence-electron chi connectivity index (χ1n) is 9.78. The number of morpholine rings is 1. The van der Waals surface area contributed by atoms with Gasteiger partial charge in [-0.1, -0.05) is 0 Å². The Balaban J connectivity index is 1.67. The summed E-state index contributed by atoms with van der Waals surface area (Å²) in [6.45, 7) is 1.50. The summed E-state index contributed by atoms with van der Waals surface area (Å²) in [6, 6.07) is 6.20. The molecule has 3 heterocycles. The lowest BCUT2D eigenvalue weighted by atomic mass is 10.0. The molecule has 1 saturated heterocycles. The van der Waals surface area contributed by atoms with Crippen molar-refractivity contribution in [3.8, 4) is 11.4 Å². The summed E-state index contributed by atoms with van der Waals surface area (Å²) < 4.78 is 52.1. The number of methoxy groups -OCH3 is 1. The molecule has 11 heteroatoms. The third kappa shape index (κ3) is 4.09. The summed E-state index contributed by atoms with van der Waals surface area (Å²) in [5.41, 5.74) is -1.10. The van der Waals surface area contributed by atoms with Crippen molar-refractivity contribution < 1.29 is 32.2 Å². The van der Waals surface area contributed by atoms with Crippen LogP contribution in [0.1, 0.15) is 21.7 Å². The third-order valence-corrected chi connectivity index (χ3v) is 5.38. The number of aromatic nitrogens is 2. The van der Waals surface area contributed by atoms with Gasteiger partial charge in [-0.05, 0) is 30.7 Å². The van der Waals surface area contributed by atoms with Crippen LogP contribution in [0.3, 0.4) is 0 Å². The minimum Gasteiger partial charge on any atom is -0.497 e. The average Bonchev–Trinajstić information content (AvgIpc) is 3.17. The second-order valence-corrected chi connectivity index (χ2v) is 7.25. The molecule has 1 fully saturated rings. The topological polar surface area (TPSA) is 76.9 Å². The van der Waals surface area contributed by atoms with E-state index in [1.165, 1.54) is 24.1 Å². The SMILES string of the molecule is COc1ccc(-n2nc(C(F)(F)F)c3c2C(=O)N(CC(=O)N2CCOCC2)CC3)cc1. The largest absolute Gasteiger partial charge is 0.497 e. The van der Waals surface area contributed by atoms with E-state index in [0.717, 1.165) is 4.68 Å². The van der Waals surface area contributed by atoms with Gasteiger partial charge in [0.05, 0.1) is 26.0 Å². The first-order chi connectivity index (χ1) is 14.8. The van der Waals surface area contributed by atoms with Gasteiger partial charge in [-0.3, -0.25) is 9.59 Å². The number of halogens is 3. The van der Waals surface area contributed by atoms with Crippen molar-refractivity contribution in [2.45, 2.75) is 12.6 Å². The molecule has 0 atom stereocenters. The van der Waals surface area contributed by atoms with Crippen molar-refractivity contribution in [3.63, 3.8) is 0 Å². The highest BCUT2D eigenvalue weighted by Gasteiger charge is 2.43. The molecule has 2 aromatic rings. The average molecular weight is 438 g/mol. The fourth-order valence-electron chi connectivity index (χ4n) is 3.77. The summed E-state index contributed by atoms with van der Waals surface area (Å²) in [5.74, 6) is -0.391. The van der Waals surface area contributed by atoms with Gasteiger partial charge in [0.1, 0.15) is 18.0 Å². The van der Waals surface area contributed by atoms with Gasteiger partial charge < -0.3 is 19.3 Å². The molecule has 0 N–H and O–H groups in total. The first-order valence-corrected chi connectivity index (χ1v) is 9.78. The number of hydrogen-bond donors (Lipinski definition) is 0. The molecule has 2 aliphatic rings. The van der Waals surface area contributed by atoms with Gasteiger partial charge in [-0.25, -0.2) is 4.68 Å². The molecule has 166 valence electrons. The number of benzene rings is 1. The summed E-state index contributed by atoms with van der Waals surface area (Å²) in [7, 11) is 1.47. The quantitative estimate of drug-likeness (QED) is 0.727. The van der Waals surface area contributed by atoms with Crippen LogP contribution in [0, 0.1) is 0 Å². The van der Waals surface area contributed by atoms with Crippen molar-refractivity contribution in [2.75, 3.05) is 46.5 Å². The highest BCUT2D eigenvalue weighted by Crippen LogP contribution is 2.36. The Bertz CT molecular complexity index is 982. The minimum absolute atomic E-state index is 0.0132. The van der Waals surface area contributed by atoms with Crippen LogP contribution in [-0.4, -0.2) is 77.9 Å². The van der Waals surface area contributed by atoms with Crippen LogP contribution in [0.5, 0.6) is 5.75 Å². The number of alkyl halides is 3. The van der Waals surface area contributed by atoms with Gasteiger partial charge in [0.25, 0.3) is 5.91 Å². The van der Waals surface area contributed by atoms with Crippen molar-refractivity contribution in [3.05, 3.63) is 41.2 Å². The van der Waals surface area contributed by atoms with Gasteiger partial charge in [0.15, 0.2) is 5.69 Å². The molecule has 2 amide bonds. The smallest absolute Gasteiger partial charge is 0.435 e. The van der Waals surface area contributed by atoms with E-state index >= 15 is 0 Å². The molecule has 0 bridgehead atoms. The lowest BCUT2D eigenvalue weighted by Gasteiger charge is -2.32. The number of carbonyl (C=O) groups excluding carboxylic acids is 2. The number of ether oxygens (including phenoxy) is 2. The standard InChI is InChI=1S/C20H21F3N4O4/c1-30-14-4-2-13(3-5-14)27-17-15(18(24-27)20(21,22)23)6-7-26(19(17)29)12-16(28)25-8-10-31-11-9-25/h2-5H,6-12H2,1H3. The van der Waals surface area contributed by atoms with Crippen LogP contribution in [0.25, 0.3) is 5.69 Å². The summed E-state index contributed by atoms with van der Waals surface area (Å²) in [5, 5.41) is 3.73. The molecule has 0 radical (unpaired) electrons. The molecular formula is C20H21F3N4O4. The number of hydrogen-bond acceptors (Lipinski definition) is 5. The number of nitrogens with zero attached hydrogens (tertiary/aromatic N) is 4. The van der Waals surface area contributed by atoms with E-state index in [1.54, 1.807) is 17.0 Å². The predicted molar refractivity (Wildman–Crippen MR) is 102 cm³/mol. The summed E-state index contributed by atoms with van der Waals surface area (Å²) >= 11 is 0. The van der Waals surface area contributed by atoms with Crippen LogP contribution in [0.15, 0.2) is 24.3 Å². The molecular weight excluding hydrogens is 417 g/mol. The molecule has 31 heavy (non-hydrogen) atoms. The van der Waals surface area contributed by atoms with Crippen molar-refractivity contribution >= 4 is 11.8 Å². The Labute approximate surface area is 176 Å². The number of fused-ring (bicyclic) bond motifs is 1. The molecule has 0 saturated carbocycles. The van der Waals surface area contributed by atoms with Gasteiger partial charge in [0, 0.05) is 25.2 Å². The fraction of sp³-hybridized carbons (Fsp3) is 0.450. The van der Waals surface area contributed by atoms with E-state index in [9.17, 15) is 22.8 Å². The van der Waals surface area contributed by atoms with Crippen LogP contribution in [0.4, 0.5) is 13.2 Å². The van der Waals surface area contributed by atoms with Crippen molar-refractivity contribution in [1.29, 1.82) is 0 Å². The first kappa shape index (κ1) is 21.2. The molecule has 1 aromatic heterocycles. The molecule has 2 aliphatic heterocycles. The Morgan fingerprint density at radius 2 is 1.84 bits per heavy atom. The van der Waals surface area contributed by atoms with Crippen LogP contribution >= 0.6 is 0 Å². The van der Waals surface area contributed by atoms with E-state index in [4.69, 9.17) is 9.47 Å². The molecule has 0 spiro atoms. The number of rotatable bonds is 4. The van der Waals surface area contributed by atoms with Crippen molar-refractivity contribution in [1.82, 2.24) is 19.6 Å². The normalized spacial score (nSPS) is 17.0. The van der Waals surface area contributed by atoms with E-state index in [1.807, 2.05) is 0 Å². The van der Waals surface area contributed by atoms with Gasteiger partial charge >= 0.3 is 6.18 Å².